The molecule has 52 heavy (non-hydrogen) atoms. The quantitative estimate of drug-likeness (QED) is 0.176. The van der Waals surface area contributed by atoms with Gasteiger partial charge in [0.1, 0.15) is 11.2 Å². The lowest BCUT2D eigenvalue weighted by Crippen LogP contribution is -2.10. The zero-order chi connectivity index (χ0) is 34.4. The Morgan fingerprint density at radius 3 is 1.65 bits per heavy atom. The Balaban J connectivity index is 1.15. The molecule has 0 radical (unpaired) electrons. The van der Waals surface area contributed by atoms with Gasteiger partial charge in [0.25, 0.3) is 0 Å². The Labute approximate surface area is 302 Å². The van der Waals surface area contributed by atoms with Crippen LogP contribution in [0.3, 0.4) is 0 Å². The maximum Gasteiger partial charge on any atom is 0.143 e. The number of hydrogen-bond acceptors (Lipinski definition) is 2. The number of hydrogen-bond donors (Lipinski definition) is 0. The predicted octanol–water partition coefficient (Wildman–Crippen LogP) is 14.4. The van der Waals surface area contributed by atoms with Crippen LogP contribution < -0.4 is 4.90 Å². The van der Waals surface area contributed by atoms with Crippen molar-refractivity contribution in [1.29, 1.82) is 0 Å². The van der Waals surface area contributed by atoms with Crippen molar-refractivity contribution >= 4 is 60.5 Å². The number of nitrogens with zero attached hydrogens (tertiary/aromatic N) is 1. The van der Waals surface area contributed by atoms with Crippen molar-refractivity contribution in [3.63, 3.8) is 0 Å². The first kappa shape index (κ1) is 30.0. The van der Waals surface area contributed by atoms with Crippen LogP contribution in [0.15, 0.2) is 205 Å². The van der Waals surface area contributed by atoms with Gasteiger partial charge in [-0.2, -0.15) is 0 Å². The van der Waals surface area contributed by atoms with Gasteiger partial charge in [-0.3, -0.25) is 0 Å². The molecule has 0 aliphatic rings. The fourth-order valence-electron chi connectivity index (χ4n) is 7.70. The molecule has 0 unspecified atom stereocenters. The summed E-state index contributed by atoms with van der Waals surface area (Å²) in [5.41, 5.74) is 12.1. The average Bonchev–Trinajstić information content (AvgIpc) is 3.61. The molecule has 2 nitrogen and oxygen atoms in total. The minimum absolute atomic E-state index is 0.893. The smallest absolute Gasteiger partial charge is 0.143 e. The Morgan fingerprint density at radius 1 is 0.327 bits per heavy atom. The summed E-state index contributed by atoms with van der Waals surface area (Å²) in [6, 6.07) is 71.7. The molecule has 0 bridgehead atoms. The Kier molecular flexibility index (Phi) is 7.18. The van der Waals surface area contributed by atoms with Crippen LogP contribution in [0.1, 0.15) is 0 Å². The van der Waals surface area contributed by atoms with Crippen LogP contribution in [0.5, 0.6) is 0 Å². The standard InChI is InChI=1S/C50H33NO/c1-2-12-34(13-3-1)38-17-8-20-42(31-38)51(43-21-9-18-39(32-43)40-27-26-35-14-4-5-16-37(35)30-40)44-22-10-19-41(33-44)45-24-11-25-48-49(45)47-29-28-36-15-6-7-23-46(36)50(47)52-48/h1-33H. The van der Waals surface area contributed by atoms with E-state index in [1.807, 2.05) is 0 Å². The molecule has 2 heteroatoms. The van der Waals surface area contributed by atoms with E-state index in [0.29, 0.717) is 0 Å². The summed E-state index contributed by atoms with van der Waals surface area (Å²) in [5.74, 6) is 0. The van der Waals surface area contributed by atoms with Crippen LogP contribution in [0.4, 0.5) is 17.1 Å². The highest BCUT2D eigenvalue weighted by Gasteiger charge is 2.18. The molecule has 0 N–H and O–H groups in total. The summed E-state index contributed by atoms with van der Waals surface area (Å²) in [7, 11) is 0. The first-order chi connectivity index (χ1) is 25.8. The summed E-state index contributed by atoms with van der Waals surface area (Å²) in [6.07, 6.45) is 0. The third kappa shape index (κ3) is 5.21. The van der Waals surface area contributed by atoms with Gasteiger partial charge in [-0.1, -0.05) is 146 Å². The van der Waals surface area contributed by atoms with Crippen LogP contribution in [0.25, 0.3) is 76.9 Å². The highest BCUT2D eigenvalue weighted by atomic mass is 16.3. The van der Waals surface area contributed by atoms with Crippen LogP contribution in [0.2, 0.25) is 0 Å². The summed E-state index contributed by atoms with van der Waals surface area (Å²) >= 11 is 0. The molecule has 1 heterocycles. The van der Waals surface area contributed by atoms with Gasteiger partial charge in [0.05, 0.1) is 0 Å². The van der Waals surface area contributed by atoms with Crippen molar-refractivity contribution in [3.8, 4) is 33.4 Å². The van der Waals surface area contributed by atoms with Crippen LogP contribution in [-0.4, -0.2) is 0 Å². The lowest BCUT2D eigenvalue weighted by molar-refractivity contribution is 0.673. The minimum atomic E-state index is 0.893. The van der Waals surface area contributed by atoms with E-state index in [1.165, 1.54) is 38.4 Å². The van der Waals surface area contributed by atoms with Crippen LogP contribution >= 0.6 is 0 Å². The Bertz CT molecular complexity index is 2920. The maximum atomic E-state index is 6.57. The van der Waals surface area contributed by atoms with Crippen LogP contribution in [0, 0.1) is 0 Å². The van der Waals surface area contributed by atoms with E-state index in [4.69, 9.17) is 4.42 Å². The third-order valence-electron chi connectivity index (χ3n) is 10.2. The Hall–Kier alpha value is -6.90. The molecule has 10 aromatic rings. The fourth-order valence-corrected chi connectivity index (χ4v) is 7.70. The topological polar surface area (TPSA) is 16.4 Å². The molecular weight excluding hydrogens is 631 g/mol. The molecule has 0 amide bonds. The SMILES string of the molecule is c1ccc(-c2cccc(N(c3cccc(-c4ccc5ccccc5c4)c3)c3cccc(-c4cccc5oc6c7ccccc7ccc6c45)c3)c2)cc1. The van der Waals surface area contributed by atoms with Gasteiger partial charge in [-0.05, 0) is 104 Å². The second-order valence-corrected chi connectivity index (χ2v) is 13.4. The second kappa shape index (κ2) is 12.5. The number of anilines is 3. The summed E-state index contributed by atoms with van der Waals surface area (Å²) < 4.78 is 6.57. The minimum Gasteiger partial charge on any atom is -0.455 e. The number of rotatable bonds is 6. The molecule has 0 saturated heterocycles. The van der Waals surface area contributed by atoms with E-state index in [0.717, 1.165) is 55.5 Å². The highest BCUT2D eigenvalue weighted by Crippen LogP contribution is 2.43. The van der Waals surface area contributed by atoms with Crippen molar-refractivity contribution < 1.29 is 4.42 Å². The number of fused-ring (bicyclic) bond motifs is 6. The van der Waals surface area contributed by atoms with Gasteiger partial charge in [0.15, 0.2) is 0 Å². The summed E-state index contributed by atoms with van der Waals surface area (Å²) in [4.78, 5) is 2.38. The fraction of sp³-hybridized carbons (Fsp3) is 0. The molecule has 10 rings (SSSR count). The van der Waals surface area contributed by atoms with Gasteiger partial charge in [-0.25, -0.2) is 0 Å². The molecule has 0 fully saturated rings. The first-order valence-corrected chi connectivity index (χ1v) is 17.8. The molecule has 9 aromatic carbocycles. The lowest BCUT2D eigenvalue weighted by atomic mass is 9.97. The van der Waals surface area contributed by atoms with Gasteiger partial charge in [0, 0.05) is 33.2 Å². The normalized spacial score (nSPS) is 11.5. The molecule has 0 atom stereocenters. The van der Waals surface area contributed by atoms with E-state index in [2.05, 4.69) is 205 Å². The van der Waals surface area contributed by atoms with E-state index >= 15 is 0 Å². The molecule has 0 spiro atoms. The molecular formula is C50H33NO. The van der Waals surface area contributed by atoms with Crippen molar-refractivity contribution in [1.82, 2.24) is 0 Å². The molecule has 0 aliphatic carbocycles. The van der Waals surface area contributed by atoms with Crippen molar-refractivity contribution in [2.45, 2.75) is 0 Å². The van der Waals surface area contributed by atoms with E-state index in [1.54, 1.807) is 0 Å². The van der Waals surface area contributed by atoms with Gasteiger partial charge >= 0.3 is 0 Å². The zero-order valence-electron chi connectivity index (χ0n) is 28.4. The second-order valence-electron chi connectivity index (χ2n) is 13.4. The van der Waals surface area contributed by atoms with Crippen molar-refractivity contribution in [2.24, 2.45) is 0 Å². The molecule has 1 aromatic heterocycles. The van der Waals surface area contributed by atoms with Gasteiger partial charge in [-0.15, -0.1) is 0 Å². The molecule has 0 aliphatic heterocycles. The number of benzene rings is 9. The predicted molar refractivity (Wildman–Crippen MR) is 220 cm³/mol. The first-order valence-electron chi connectivity index (χ1n) is 17.8. The van der Waals surface area contributed by atoms with Crippen LogP contribution in [-0.2, 0) is 0 Å². The number of furan rings is 1. The maximum absolute atomic E-state index is 6.57. The highest BCUT2D eigenvalue weighted by molar-refractivity contribution is 6.19. The van der Waals surface area contributed by atoms with Gasteiger partial charge < -0.3 is 9.32 Å². The van der Waals surface area contributed by atoms with Crippen molar-refractivity contribution in [2.75, 3.05) is 4.90 Å². The average molecular weight is 664 g/mol. The largest absolute Gasteiger partial charge is 0.455 e. The monoisotopic (exact) mass is 663 g/mol. The van der Waals surface area contributed by atoms with E-state index < -0.39 is 0 Å². The van der Waals surface area contributed by atoms with Crippen molar-refractivity contribution in [3.05, 3.63) is 200 Å². The third-order valence-corrected chi connectivity index (χ3v) is 10.2. The van der Waals surface area contributed by atoms with Gasteiger partial charge in [0.2, 0.25) is 0 Å². The summed E-state index contributed by atoms with van der Waals surface area (Å²) in [5, 5.41) is 7.05. The zero-order valence-corrected chi connectivity index (χ0v) is 28.4. The Morgan fingerprint density at radius 2 is 0.885 bits per heavy atom. The van der Waals surface area contributed by atoms with E-state index in [9.17, 15) is 0 Å². The molecule has 244 valence electrons. The van der Waals surface area contributed by atoms with E-state index in [-0.39, 0.29) is 0 Å². The summed E-state index contributed by atoms with van der Waals surface area (Å²) in [6.45, 7) is 0. The lowest BCUT2D eigenvalue weighted by Gasteiger charge is -2.27. The molecule has 0 saturated carbocycles.